The van der Waals surface area contributed by atoms with Crippen LogP contribution in [-0.4, -0.2) is 15.8 Å². The Balaban J connectivity index is 2.17. The van der Waals surface area contributed by atoms with E-state index in [4.69, 9.17) is 0 Å². The quantitative estimate of drug-likeness (QED) is 0.710. The van der Waals surface area contributed by atoms with Gasteiger partial charge in [0.25, 0.3) is 0 Å². The summed E-state index contributed by atoms with van der Waals surface area (Å²) >= 11 is 0. The number of fused-ring (bicyclic) bond motifs is 1. The van der Waals surface area contributed by atoms with Crippen molar-refractivity contribution in [1.82, 2.24) is 9.97 Å². The van der Waals surface area contributed by atoms with Crippen LogP contribution in [0.15, 0.2) is 42.5 Å². The number of carbonyl (C=O) groups is 1. The Morgan fingerprint density at radius 1 is 1.21 bits per heavy atom. The van der Waals surface area contributed by atoms with Crippen LogP contribution in [0.3, 0.4) is 0 Å². The maximum atomic E-state index is 13.7. The predicted octanol–water partition coefficient (Wildman–Crippen LogP) is 3.57. The second kappa shape index (κ2) is 4.31. The molecule has 0 bridgehead atoms. The average Bonchev–Trinajstić information content (AvgIpc) is 2.81. The molecule has 2 aromatic carbocycles. The van der Waals surface area contributed by atoms with E-state index in [0.29, 0.717) is 22.5 Å². The minimum absolute atomic E-state index is 0.0102. The molecule has 1 N–H and O–H groups in total. The highest BCUT2D eigenvalue weighted by Crippen LogP contribution is 2.23. The van der Waals surface area contributed by atoms with Gasteiger partial charge >= 0.3 is 0 Å². The molecule has 0 unspecified atom stereocenters. The predicted molar refractivity (Wildman–Crippen MR) is 71.5 cm³/mol. The van der Waals surface area contributed by atoms with Crippen molar-refractivity contribution >= 4 is 16.8 Å². The van der Waals surface area contributed by atoms with Gasteiger partial charge in [-0.25, -0.2) is 9.37 Å². The van der Waals surface area contributed by atoms with Crippen molar-refractivity contribution in [3.8, 4) is 11.4 Å². The molecule has 0 fully saturated rings. The van der Waals surface area contributed by atoms with Crippen LogP contribution in [0.4, 0.5) is 4.39 Å². The van der Waals surface area contributed by atoms with Gasteiger partial charge < -0.3 is 4.98 Å². The summed E-state index contributed by atoms with van der Waals surface area (Å²) in [6, 6.07) is 11.7. The fourth-order valence-electron chi connectivity index (χ4n) is 2.01. The van der Waals surface area contributed by atoms with Crippen molar-refractivity contribution in [1.29, 1.82) is 0 Å². The summed E-state index contributed by atoms with van der Waals surface area (Å²) in [4.78, 5) is 18.7. The lowest BCUT2D eigenvalue weighted by Crippen LogP contribution is -1.90. The van der Waals surface area contributed by atoms with Crippen LogP contribution in [0.25, 0.3) is 22.4 Å². The lowest BCUT2D eigenvalue weighted by atomic mass is 10.1. The molecule has 0 radical (unpaired) electrons. The van der Waals surface area contributed by atoms with Crippen LogP contribution in [0.5, 0.6) is 0 Å². The van der Waals surface area contributed by atoms with Crippen molar-refractivity contribution in [2.45, 2.75) is 6.92 Å². The highest BCUT2D eigenvalue weighted by Gasteiger charge is 2.10. The van der Waals surface area contributed by atoms with E-state index in [1.54, 1.807) is 36.4 Å². The maximum Gasteiger partial charge on any atom is 0.159 e. The summed E-state index contributed by atoms with van der Waals surface area (Å²) in [5, 5.41) is 0. The van der Waals surface area contributed by atoms with Crippen LogP contribution in [0.2, 0.25) is 0 Å². The van der Waals surface area contributed by atoms with Gasteiger partial charge in [-0.1, -0.05) is 12.1 Å². The Morgan fingerprint density at radius 3 is 2.74 bits per heavy atom. The van der Waals surface area contributed by atoms with Crippen LogP contribution in [-0.2, 0) is 0 Å². The monoisotopic (exact) mass is 254 g/mol. The number of aromatic nitrogens is 2. The molecule has 19 heavy (non-hydrogen) atoms. The van der Waals surface area contributed by atoms with Crippen LogP contribution in [0, 0.1) is 5.82 Å². The standard InChI is InChI=1S/C15H11FN2O/c1-9(19)10-6-7-13-14(8-10)18-15(17-13)11-4-2-3-5-12(11)16/h2-8H,1H3,(H,17,18). The number of halogens is 1. The molecule has 3 aromatic rings. The molecule has 4 heteroatoms. The molecule has 94 valence electrons. The molecular weight excluding hydrogens is 243 g/mol. The molecular formula is C15H11FN2O. The molecule has 0 amide bonds. The van der Waals surface area contributed by atoms with Gasteiger partial charge in [0, 0.05) is 5.56 Å². The van der Waals surface area contributed by atoms with E-state index < -0.39 is 0 Å². The summed E-state index contributed by atoms with van der Waals surface area (Å²) in [5.74, 6) is 0.131. The van der Waals surface area contributed by atoms with Gasteiger partial charge in [-0.15, -0.1) is 0 Å². The van der Waals surface area contributed by atoms with E-state index in [9.17, 15) is 9.18 Å². The molecule has 0 aliphatic carbocycles. The van der Waals surface area contributed by atoms with E-state index in [0.717, 1.165) is 5.52 Å². The Bertz CT molecular complexity index is 777. The number of hydrogen-bond acceptors (Lipinski definition) is 2. The third kappa shape index (κ3) is 2.01. The number of hydrogen-bond donors (Lipinski definition) is 1. The van der Waals surface area contributed by atoms with E-state index in [2.05, 4.69) is 9.97 Å². The van der Waals surface area contributed by atoms with E-state index >= 15 is 0 Å². The Hall–Kier alpha value is -2.49. The highest BCUT2D eigenvalue weighted by atomic mass is 19.1. The third-order valence-electron chi connectivity index (χ3n) is 3.02. The molecule has 0 saturated carbocycles. The summed E-state index contributed by atoms with van der Waals surface area (Å²) in [5.41, 5.74) is 2.47. The number of nitrogens with zero attached hydrogens (tertiary/aromatic N) is 1. The number of ketones is 1. The molecule has 1 aromatic heterocycles. The van der Waals surface area contributed by atoms with Gasteiger partial charge in [-0.3, -0.25) is 4.79 Å². The molecule has 0 atom stereocenters. The first-order valence-electron chi connectivity index (χ1n) is 5.91. The zero-order valence-electron chi connectivity index (χ0n) is 10.3. The first-order chi connectivity index (χ1) is 9.15. The second-order valence-corrected chi connectivity index (χ2v) is 4.35. The third-order valence-corrected chi connectivity index (χ3v) is 3.02. The maximum absolute atomic E-state index is 13.7. The smallest absolute Gasteiger partial charge is 0.159 e. The number of Topliss-reactive ketones (excluding diaryl/α,β-unsaturated/α-hetero) is 1. The molecule has 3 nitrogen and oxygen atoms in total. The second-order valence-electron chi connectivity index (χ2n) is 4.35. The minimum atomic E-state index is -0.326. The number of imidazole rings is 1. The van der Waals surface area contributed by atoms with Gasteiger partial charge in [-0.05, 0) is 37.3 Å². The number of benzene rings is 2. The molecule has 0 aliphatic heterocycles. The number of H-pyrrole nitrogens is 1. The number of nitrogens with one attached hydrogen (secondary N) is 1. The van der Waals surface area contributed by atoms with Crippen molar-refractivity contribution in [2.75, 3.05) is 0 Å². The zero-order valence-corrected chi connectivity index (χ0v) is 10.3. The first kappa shape index (κ1) is 11.6. The number of rotatable bonds is 2. The van der Waals surface area contributed by atoms with Crippen LogP contribution in [0.1, 0.15) is 17.3 Å². The van der Waals surface area contributed by atoms with E-state index in [1.165, 1.54) is 13.0 Å². The Kier molecular flexibility index (Phi) is 2.63. The SMILES string of the molecule is CC(=O)c1ccc2nc(-c3ccccc3F)[nH]c2c1. The summed E-state index contributed by atoms with van der Waals surface area (Å²) in [7, 11) is 0. The van der Waals surface area contributed by atoms with Crippen LogP contribution >= 0.6 is 0 Å². The van der Waals surface area contributed by atoms with E-state index in [-0.39, 0.29) is 11.6 Å². The largest absolute Gasteiger partial charge is 0.338 e. The minimum Gasteiger partial charge on any atom is -0.338 e. The van der Waals surface area contributed by atoms with Crippen molar-refractivity contribution < 1.29 is 9.18 Å². The first-order valence-corrected chi connectivity index (χ1v) is 5.91. The number of aromatic amines is 1. The Labute approximate surface area is 109 Å². The highest BCUT2D eigenvalue weighted by molar-refractivity contribution is 5.97. The fourth-order valence-corrected chi connectivity index (χ4v) is 2.01. The average molecular weight is 254 g/mol. The van der Waals surface area contributed by atoms with Crippen LogP contribution < -0.4 is 0 Å². The molecule has 3 rings (SSSR count). The molecule has 1 heterocycles. The Morgan fingerprint density at radius 2 is 2.00 bits per heavy atom. The topological polar surface area (TPSA) is 45.8 Å². The van der Waals surface area contributed by atoms with Gasteiger partial charge in [0.2, 0.25) is 0 Å². The van der Waals surface area contributed by atoms with Gasteiger partial charge in [0.05, 0.1) is 16.6 Å². The van der Waals surface area contributed by atoms with Crippen molar-refractivity contribution in [2.24, 2.45) is 0 Å². The van der Waals surface area contributed by atoms with Gasteiger partial charge in [0.1, 0.15) is 11.6 Å². The van der Waals surface area contributed by atoms with E-state index in [1.807, 2.05) is 0 Å². The lowest BCUT2D eigenvalue weighted by molar-refractivity contribution is 0.101. The van der Waals surface area contributed by atoms with Crippen molar-refractivity contribution in [3.05, 3.63) is 53.8 Å². The molecule has 0 aliphatic rings. The zero-order chi connectivity index (χ0) is 13.4. The fraction of sp³-hybridized carbons (Fsp3) is 0.0667. The van der Waals surface area contributed by atoms with Gasteiger partial charge in [0.15, 0.2) is 5.78 Å². The molecule has 0 spiro atoms. The summed E-state index contributed by atoms with van der Waals surface area (Å²) in [6.07, 6.45) is 0. The lowest BCUT2D eigenvalue weighted by Gasteiger charge is -1.97. The number of carbonyl (C=O) groups excluding carboxylic acids is 1. The normalized spacial score (nSPS) is 10.8. The molecule has 0 saturated heterocycles. The summed E-state index contributed by atoms with van der Waals surface area (Å²) < 4.78 is 13.7. The van der Waals surface area contributed by atoms with Crippen molar-refractivity contribution in [3.63, 3.8) is 0 Å². The summed E-state index contributed by atoms with van der Waals surface area (Å²) in [6.45, 7) is 1.51. The van der Waals surface area contributed by atoms with Gasteiger partial charge in [-0.2, -0.15) is 0 Å².